The first-order chi connectivity index (χ1) is 10.7. The second-order valence-corrected chi connectivity index (χ2v) is 5.82. The molecular weight excluding hydrogens is 296 g/mol. The molecule has 0 aliphatic carbocycles. The van der Waals surface area contributed by atoms with Crippen molar-refractivity contribution in [1.82, 2.24) is 20.1 Å². The Morgan fingerprint density at radius 3 is 3.00 bits per heavy atom. The van der Waals surface area contributed by atoms with Crippen LogP contribution in [-0.2, 0) is 6.54 Å². The molecule has 6 heteroatoms. The highest BCUT2D eigenvalue weighted by atomic mass is 32.1. The summed E-state index contributed by atoms with van der Waals surface area (Å²) in [5.41, 5.74) is 2.63. The molecule has 0 fully saturated rings. The number of nitrogens with one attached hydrogen (secondary N) is 1. The summed E-state index contributed by atoms with van der Waals surface area (Å²) in [6.45, 7) is 3.19. The van der Waals surface area contributed by atoms with Gasteiger partial charge in [-0.25, -0.2) is 0 Å². The molecule has 0 spiro atoms. The summed E-state index contributed by atoms with van der Waals surface area (Å²) in [4.78, 5) is 17.0. The van der Waals surface area contributed by atoms with Crippen LogP contribution in [0.15, 0.2) is 48.1 Å². The average Bonchev–Trinajstić information content (AvgIpc) is 3.18. The first kappa shape index (κ1) is 14.5. The van der Waals surface area contributed by atoms with Crippen LogP contribution in [-0.4, -0.2) is 27.2 Å². The molecule has 1 N–H and O–H groups in total. The molecule has 0 saturated heterocycles. The van der Waals surface area contributed by atoms with Gasteiger partial charge in [0.05, 0.1) is 17.0 Å². The summed E-state index contributed by atoms with van der Waals surface area (Å²) in [7, 11) is 0. The van der Waals surface area contributed by atoms with Gasteiger partial charge in [0.2, 0.25) is 0 Å². The molecule has 112 valence electrons. The van der Waals surface area contributed by atoms with Gasteiger partial charge in [0.15, 0.2) is 0 Å². The van der Waals surface area contributed by atoms with E-state index in [-0.39, 0.29) is 5.91 Å². The minimum atomic E-state index is -0.114. The zero-order chi connectivity index (χ0) is 15.4. The van der Waals surface area contributed by atoms with Crippen molar-refractivity contribution in [2.45, 2.75) is 13.5 Å². The molecule has 0 aromatic carbocycles. The maximum absolute atomic E-state index is 11.9. The number of aryl methyl sites for hydroxylation is 1. The lowest BCUT2D eigenvalue weighted by atomic mass is 10.3. The second kappa shape index (κ2) is 6.53. The molecule has 0 radical (unpaired) electrons. The van der Waals surface area contributed by atoms with Crippen molar-refractivity contribution in [2.75, 3.05) is 6.54 Å². The molecule has 0 aliphatic rings. The van der Waals surface area contributed by atoms with Gasteiger partial charge in [-0.15, -0.1) is 11.3 Å². The van der Waals surface area contributed by atoms with Crippen LogP contribution in [0.25, 0.3) is 10.6 Å². The van der Waals surface area contributed by atoms with Gasteiger partial charge >= 0.3 is 0 Å². The van der Waals surface area contributed by atoms with Crippen LogP contribution >= 0.6 is 11.3 Å². The standard InChI is InChI=1S/C16H16N4OS/c1-12-10-14(15-5-3-9-22-15)19-20(12)8-7-18-16(21)13-4-2-6-17-11-13/h2-6,9-11H,7-8H2,1H3,(H,18,21). The van der Waals surface area contributed by atoms with E-state index in [2.05, 4.69) is 27.5 Å². The van der Waals surface area contributed by atoms with Crippen molar-refractivity contribution in [2.24, 2.45) is 0 Å². The second-order valence-electron chi connectivity index (χ2n) is 4.87. The quantitative estimate of drug-likeness (QED) is 0.788. The largest absolute Gasteiger partial charge is 0.350 e. The molecular formula is C16H16N4OS. The van der Waals surface area contributed by atoms with Gasteiger partial charge in [-0.3, -0.25) is 14.5 Å². The molecule has 0 saturated carbocycles. The molecule has 5 nitrogen and oxygen atoms in total. The fraction of sp³-hybridized carbons (Fsp3) is 0.188. The summed E-state index contributed by atoms with van der Waals surface area (Å²) >= 11 is 1.67. The summed E-state index contributed by atoms with van der Waals surface area (Å²) in [6, 6.07) is 9.63. The monoisotopic (exact) mass is 312 g/mol. The lowest BCUT2D eigenvalue weighted by molar-refractivity contribution is 0.0951. The van der Waals surface area contributed by atoms with Gasteiger partial charge in [-0.05, 0) is 36.6 Å². The number of thiophene rings is 1. The maximum Gasteiger partial charge on any atom is 0.252 e. The fourth-order valence-corrected chi connectivity index (χ4v) is 2.84. The van der Waals surface area contributed by atoms with E-state index in [0.29, 0.717) is 18.7 Å². The number of hydrogen-bond donors (Lipinski definition) is 1. The SMILES string of the molecule is Cc1cc(-c2cccs2)nn1CCNC(=O)c1cccnc1. The lowest BCUT2D eigenvalue weighted by Crippen LogP contribution is -2.27. The van der Waals surface area contributed by atoms with Crippen molar-refractivity contribution in [3.63, 3.8) is 0 Å². The number of nitrogens with zero attached hydrogens (tertiary/aromatic N) is 3. The third-order valence-corrected chi connectivity index (χ3v) is 4.18. The van der Waals surface area contributed by atoms with Gasteiger partial charge in [0, 0.05) is 24.6 Å². The van der Waals surface area contributed by atoms with Crippen LogP contribution in [0.4, 0.5) is 0 Å². The minimum Gasteiger partial charge on any atom is -0.350 e. The number of pyridine rings is 1. The van der Waals surface area contributed by atoms with E-state index in [4.69, 9.17) is 0 Å². The van der Waals surface area contributed by atoms with Crippen LogP contribution in [0.3, 0.4) is 0 Å². The van der Waals surface area contributed by atoms with Crippen LogP contribution in [0, 0.1) is 6.92 Å². The van der Waals surface area contributed by atoms with Gasteiger partial charge in [-0.1, -0.05) is 6.07 Å². The minimum absolute atomic E-state index is 0.114. The molecule has 3 aromatic heterocycles. The number of carbonyl (C=O) groups excluding carboxylic acids is 1. The normalized spacial score (nSPS) is 10.6. The number of rotatable bonds is 5. The highest BCUT2D eigenvalue weighted by molar-refractivity contribution is 7.13. The molecule has 22 heavy (non-hydrogen) atoms. The number of carbonyl (C=O) groups is 1. The van der Waals surface area contributed by atoms with Gasteiger partial charge < -0.3 is 5.32 Å². The third kappa shape index (κ3) is 3.23. The van der Waals surface area contributed by atoms with Crippen molar-refractivity contribution >= 4 is 17.2 Å². The fourth-order valence-electron chi connectivity index (χ4n) is 2.16. The third-order valence-electron chi connectivity index (χ3n) is 3.29. The first-order valence-corrected chi connectivity index (χ1v) is 7.88. The van der Waals surface area contributed by atoms with E-state index in [0.717, 1.165) is 16.3 Å². The molecule has 0 bridgehead atoms. The smallest absolute Gasteiger partial charge is 0.252 e. The van der Waals surface area contributed by atoms with Crippen molar-refractivity contribution < 1.29 is 4.79 Å². The highest BCUT2D eigenvalue weighted by Gasteiger charge is 2.08. The Morgan fingerprint density at radius 2 is 2.27 bits per heavy atom. The molecule has 0 unspecified atom stereocenters. The summed E-state index contributed by atoms with van der Waals surface area (Å²) < 4.78 is 1.92. The molecule has 0 aliphatic heterocycles. The van der Waals surface area contributed by atoms with Crippen LogP contribution in [0.1, 0.15) is 16.1 Å². The molecule has 3 rings (SSSR count). The van der Waals surface area contributed by atoms with Crippen molar-refractivity contribution in [1.29, 1.82) is 0 Å². The Kier molecular flexibility index (Phi) is 4.29. The Labute approximate surface area is 132 Å². The van der Waals surface area contributed by atoms with E-state index >= 15 is 0 Å². The van der Waals surface area contributed by atoms with Gasteiger partial charge in [0.25, 0.3) is 5.91 Å². The topological polar surface area (TPSA) is 59.8 Å². The maximum atomic E-state index is 11.9. The van der Waals surface area contributed by atoms with Crippen molar-refractivity contribution in [3.05, 3.63) is 59.4 Å². The lowest BCUT2D eigenvalue weighted by Gasteiger charge is -2.06. The molecule has 3 heterocycles. The predicted octanol–water partition coefficient (Wildman–Crippen LogP) is 2.75. The Balaban J connectivity index is 1.59. The zero-order valence-electron chi connectivity index (χ0n) is 12.2. The number of amides is 1. The van der Waals surface area contributed by atoms with Crippen LogP contribution in [0.5, 0.6) is 0 Å². The predicted molar refractivity (Wildman–Crippen MR) is 86.8 cm³/mol. The van der Waals surface area contributed by atoms with E-state index in [1.807, 2.05) is 23.1 Å². The summed E-state index contributed by atoms with van der Waals surface area (Å²) in [5.74, 6) is -0.114. The van der Waals surface area contributed by atoms with E-state index in [1.54, 1.807) is 35.9 Å². The average molecular weight is 312 g/mol. The van der Waals surface area contributed by atoms with E-state index in [9.17, 15) is 4.79 Å². The van der Waals surface area contributed by atoms with Crippen LogP contribution < -0.4 is 5.32 Å². The van der Waals surface area contributed by atoms with Gasteiger partial charge in [0.1, 0.15) is 5.69 Å². The number of hydrogen-bond acceptors (Lipinski definition) is 4. The van der Waals surface area contributed by atoms with E-state index < -0.39 is 0 Å². The first-order valence-electron chi connectivity index (χ1n) is 7.00. The molecule has 3 aromatic rings. The van der Waals surface area contributed by atoms with Crippen molar-refractivity contribution in [3.8, 4) is 10.6 Å². The Hall–Kier alpha value is -2.47. The molecule has 1 amide bonds. The summed E-state index contributed by atoms with van der Waals surface area (Å²) in [6.07, 6.45) is 3.21. The summed E-state index contributed by atoms with van der Waals surface area (Å²) in [5, 5.41) is 9.51. The Bertz CT molecular complexity index is 750. The Morgan fingerprint density at radius 1 is 1.36 bits per heavy atom. The number of aromatic nitrogens is 3. The van der Waals surface area contributed by atoms with Gasteiger partial charge in [-0.2, -0.15) is 5.10 Å². The molecule has 0 atom stereocenters. The highest BCUT2D eigenvalue weighted by Crippen LogP contribution is 2.23. The van der Waals surface area contributed by atoms with E-state index in [1.165, 1.54) is 0 Å². The zero-order valence-corrected chi connectivity index (χ0v) is 13.0. The van der Waals surface area contributed by atoms with Crippen LogP contribution in [0.2, 0.25) is 0 Å².